The predicted octanol–water partition coefficient (Wildman–Crippen LogP) is 4.19. The summed E-state index contributed by atoms with van der Waals surface area (Å²) < 4.78 is 8.59. The first-order valence-electron chi connectivity index (χ1n) is 10.4. The van der Waals surface area contributed by atoms with Gasteiger partial charge in [0.25, 0.3) is 0 Å². The standard InChI is InChI=1S/C24H25N3O3/c1-3-4-13-26-23(28)20-14-18-17-7-5-6-8-19(17)25-21(18)22(27(20)24(26)29)15-9-11-16(30-2)12-10-15/h5-12,22,25,28H,3-4,13-14H2,1-2H3/t22-/m0/s1. The van der Waals surface area contributed by atoms with Gasteiger partial charge in [-0.25, -0.2) is 4.79 Å². The second-order valence-corrected chi connectivity index (χ2v) is 7.84. The van der Waals surface area contributed by atoms with E-state index in [1.807, 2.05) is 42.5 Å². The molecule has 0 bridgehead atoms. The minimum Gasteiger partial charge on any atom is -0.497 e. The van der Waals surface area contributed by atoms with Crippen LogP contribution in [0.3, 0.4) is 0 Å². The molecule has 0 saturated heterocycles. The van der Waals surface area contributed by atoms with E-state index in [0.717, 1.165) is 46.3 Å². The van der Waals surface area contributed by atoms with Crippen molar-refractivity contribution in [2.45, 2.75) is 38.8 Å². The highest BCUT2D eigenvalue weighted by Gasteiger charge is 2.35. The quantitative estimate of drug-likeness (QED) is 0.462. The molecule has 3 heterocycles. The summed E-state index contributed by atoms with van der Waals surface area (Å²) in [6, 6.07) is 15.6. The molecule has 5 rings (SSSR count). The molecule has 30 heavy (non-hydrogen) atoms. The number of unbranched alkanes of at least 4 members (excludes halogenated alkanes) is 1. The van der Waals surface area contributed by atoms with E-state index in [9.17, 15) is 9.90 Å². The number of nitrogens with zero attached hydrogens (tertiary/aromatic N) is 2. The van der Waals surface area contributed by atoms with Crippen molar-refractivity contribution in [2.75, 3.05) is 7.11 Å². The minimum absolute atomic E-state index is 0.0860. The zero-order valence-electron chi connectivity index (χ0n) is 17.2. The number of benzene rings is 2. The van der Waals surface area contributed by atoms with Gasteiger partial charge in [-0.1, -0.05) is 43.7 Å². The van der Waals surface area contributed by atoms with E-state index in [-0.39, 0.29) is 17.6 Å². The van der Waals surface area contributed by atoms with Crippen LogP contribution in [0.2, 0.25) is 0 Å². The molecule has 0 radical (unpaired) electrons. The largest absolute Gasteiger partial charge is 0.497 e. The van der Waals surface area contributed by atoms with Gasteiger partial charge < -0.3 is 14.8 Å². The first-order chi connectivity index (χ1) is 14.6. The van der Waals surface area contributed by atoms with E-state index in [2.05, 4.69) is 18.0 Å². The Kier molecular flexibility index (Phi) is 4.42. The molecule has 0 amide bonds. The highest BCUT2D eigenvalue weighted by atomic mass is 16.5. The summed E-state index contributed by atoms with van der Waals surface area (Å²) in [6.45, 7) is 2.60. The van der Waals surface area contributed by atoms with Crippen LogP contribution in [0, 0.1) is 0 Å². The summed E-state index contributed by atoms with van der Waals surface area (Å²) in [7, 11) is 1.64. The van der Waals surface area contributed by atoms with Gasteiger partial charge in [0.1, 0.15) is 11.8 Å². The molecule has 0 spiro atoms. The van der Waals surface area contributed by atoms with Gasteiger partial charge >= 0.3 is 5.69 Å². The SMILES string of the molecule is CCCCn1c(O)c2n(c1=O)[C@@H](c1ccc(OC)cc1)c1[nH]c3ccccc3c1C2. The van der Waals surface area contributed by atoms with Gasteiger partial charge in [0.05, 0.1) is 12.8 Å². The van der Waals surface area contributed by atoms with E-state index in [0.29, 0.717) is 18.7 Å². The number of nitrogens with one attached hydrogen (secondary N) is 1. The van der Waals surface area contributed by atoms with Crippen molar-refractivity contribution in [1.29, 1.82) is 0 Å². The molecule has 4 aromatic rings. The van der Waals surface area contributed by atoms with Crippen LogP contribution in [0.25, 0.3) is 10.9 Å². The number of rotatable bonds is 5. The van der Waals surface area contributed by atoms with Crippen molar-refractivity contribution in [2.24, 2.45) is 0 Å². The number of aromatic nitrogens is 3. The van der Waals surface area contributed by atoms with E-state index >= 15 is 0 Å². The highest BCUT2D eigenvalue weighted by Crippen LogP contribution is 2.41. The Labute approximate surface area is 174 Å². The molecule has 2 N–H and O–H groups in total. The number of aromatic amines is 1. The molecule has 1 aliphatic rings. The van der Waals surface area contributed by atoms with E-state index in [1.54, 1.807) is 11.7 Å². The number of aromatic hydroxyl groups is 1. The predicted molar refractivity (Wildman–Crippen MR) is 117 cm³/mol. The third-order valence-corrected chi connectivity index (χ3v) is 6.13. The van der Waals surface area contributed by atoms with Gasteiger partial charge in [-0.05, 0) is 35.7 Å². The number of methoxy groups -OCH3 is 1. The molecule has 2 aromatic carbocycles. The van der Waals surface area contributed by atoms with Crippen molar-refractivity contribution in [3.8, 4) is 11.6 Å². The molecule has 1 aliphatic heterocycles. The number of para-hydroxylation sites is 1. The lowest BCUT2D eigenvalue weighted by Gasteiger charge is -2.26. The zero-order chi connectivity index (χ0) is 20.8. The van der Waals surface area contributed by atoms with Gasteiger partial charge in [-0.2, -0.15) is 0 Å². The van der Waals surface area contributed by atoms with Crippen LogP contribution in [0.4, 0.5) is 0 Å². The number of hydrogen-bond acceptors (Lipinski definition) is 3. The van der Waals surface area contributed by atoms with Gasteiger partial charge in [0, 0.05) is 29.6 Å². The monoisotopic (exact) mass is 403 g/mol. The van der Waals surface area contributed by atoms with E-state index in [4.69, 9.17) is 4.74 Å². The third kappa shape index (κ3) is 2.67. The fourth-order valence-electron chi connectivity index (χ4n) is 4.59. The number of H-pyrrole nitrogens is 1. The summed E-state index contributed by atoms with van der Waals surface area (Å²) in [5.41, 5.74) is 4.66. The fourth-order valence-corrected chi connectivity index (χ4v) is 4.59. The lowest BCUT2D eigenvalue weighted by atomic mass is 9.93. The summed E-state index contributed by atoms with van der Waals surface area (Å²) >= 11 is 0. The van der Waals surface area contributed by atoms with Gasteiger partial charge in [-0.3, -0.25) is 9.13 Å². The molecule has 0 aliphatic carbocycles. The topological polar surface area (TPSA) is 72.2 Å². The first kappa shape index (κ1) is 18.6. The Bertz CT molecular complexity index is 1280. The summed E-state index contributed by atoms with van der Waals surface area (Å²) in [5.74, 6) is 0.852. The molecule has 1 atom stereocenters. The molecule has 0 unspecified atom stereocenters. The third-order valence-electron chi connectivity index (χ3n) is 6.13. The molecule has 0 saturated carbocycles. The molecular weight excluding hydrogens is 378 g/mol. The highest BCUT2D eigenvalue weighted by molar-refractivity contribution is 5.86. The van der Waals surface area contributed by atoms with Crippen LogP contribution in [-0.4, -0.2) is 26.3 Å². The lowest BCUT2D eigenvalue weighted by molar-refractivity contribution is 0.404. The molecule has 0 fully saturated rings. The Morgan fingerprint density at radius 3 is 2.67 bits per heavy atom. The second kappa shape index (κ2) is 7.13. The second-order valence-electron chi connectivity index (χ2n) is 7.84. The van der Waals surface area contributed by atoms with E-state index in [1.165, 1.54) is 4.57 Å². The smallest absolute Gasteiger partial charge is 0.332 e. The van der Waals surface area contributed by atoms with Crippen LogP contribution in [0.5, 0.6) is 11.6 Å². The number of hydrogen-bond donors (Lipinski definition) is 2. The lowest BCUT2D eigenvalue weighted by Crippen LogP contribution is -2.32. The Balaban J connectivity index is 1.77. The molecule has 6 heteroatoms. The average Bonchev–Trinajstić information content (AvgIpc) is 3.26. The van der Waals surface area contributed by atoms with Crippen LogP contribution in [-0.2, 0) is 13.0 Å². The van der Waals surface area contributed by atoms with Crippen LogP contribution in [0.1, 0.15) is 48.3 Å². The zero-order valence-corrected chi connectivity index (χ0v) is 17.2. The molecule has 2 aromatic heterocycles. The van der Waals surface area contributed by atoms with Crippen LogP contribution in [0.15, 0.2) is 53.3 Å². The van der Waals surface area contributed by atoms with Crippen LogP contribution >= 0.6 is 0 Å². The van der Waals surface area contributed by atoms with Crippen molar-refractivity contribution in [1.82, 2.24) is 14.1 Å². The first-order valence-corrected chi connectivity index (χ1v) is 10.4. The normalized spacial score (nSPS) is 15.2. The average molecular weight is 403 g/mol. The fraction of sp³-hybridized carbons (Fsp3) is 0.292. The van der Waals surface area contributed by atoms with Gasteiger partial charge in [0.15, 0.2) is 0 Å². The maximum Gasteiger partial charge on any atom is 0.332 e. The number of fused-ring (bicyclic) bond motifs is 4. The van der Waals surface area contributed by atoms with Crippen molar-refractivity contribution in [3.05, 3.63) is 81.5 Å². The molecular formula is C24H25N3O3. The van der Waals surface area contributed by atoms with Crippen LogP contribution < -0.4 is 10.4 Å². The van der Waals surface area contributed by atoms with Gasteiger partial charge in [0.2, 0.25) is 5.88 Å². The van der Waals surface area contributed by atoms with E-state index < -0.39 is 0 Å². The van der Waals surface area contributed by atoms with Crippen molar-refractivity contribution in [3.63, 3.8) is 0 Å². The summed E-state index contributed by atoms with van der Waals surface area (Å²) in [4.78, 5) is 17.0. The summed E-state index contributed by atoms with van der Waals surface area (Å²) in [5, 5.41) is 12.1. The maximum atomic E-state index is 13.4. The Morgan fingerprint density at radius 2 is 1.93 bits per heavy atom. The van der Waals surface area contributed by atoms with Gasteiger partial charge in [-0.15, -0.1) is 0 Å². The molecule has 6 nitrogen and oxygen atoms in total. The minimum atomic E-state index is -0.330. The number of ether oxygens (including phenoxy) is 1. The number of imidazole rings is 1. The maximum absolute atomic E-state index is 13.4. The Morgan fingerprint density at radius 1 is 1.17 bits per heavy atom. The van der Waals surface area contributed by atoms with Crippen molar-refractivity contribution >= 4 is 10.9 Å². The Hall–Kier alpha value is -3.41. The summed E-state index contributed by atoms with van der Waals surface area (Å²) in [6.07, 6.45) is 2.32. The molecule has 154 valence electrons. The van der Waals surface area contributed by atoms with Crippen molar-refractivity contribution < 1.29 is 9.84 Å².